The number of morpholine rings is 1. The number of hydrogen-bond donors (Lipinski definition) is 1. The Morgan fingerprint density at radius 3 is 2.62 bits per heavy atom. The zero-order valence-electron chi connectivity index (χ0n) is 13.6. The molecule has 2 atom stereocenters. The zero-order valence-corrected chi connectivity index (χ0v) is 13.6. The van der Waals surface area contributed by atoms with Crippen molar-refractivity contribution in [2.45, 2.75) is 45.3 Å². The highest BCUT2D eigenvalue weighted by atomic mass is 16.5. The van der Waals surface area contributed by atoms with E-state index in [1.807, 2.05) is 4.68 Å². The van der Waals surface area contributed by atoms with Crippen molar-refractivity contribution in [3.8, 4) is 5.75 Å². The predicted molar refractivity (Wildman–Crippen MR) is 82.5 cm³/mol. The minimum absolute atomic E-state index is 0.135. The molecule has 2 N–H and O–H groups in total. The van der Waals surface area contributed by atoms with Crippen molar-refractivity contribution >= 4 is 0 Å². The predicted octanol–water partition coefficient (Wildman–Crippen LogP) is 1.41. The van der Waals surface area contributed by atoms with E-state index in [2.05, 4.69) is 30.8 Å². The summed E-state index contributed by atoms with van der Waals surface area (Å²) in [5.74, 6) is 0.775. The van der Waals surface area contributed by atoms with Crippen LogP contribution in [-0.2, 0) is 11.3 Å². The van der Waals surface area contributed by atoms with Crippen molar-refractivity contribution in [1.82, 2.24) is 14.7 Å². The van der Waals surface area contributed by atoms with Crippen LogP contribution in [-0.4, -0.2) is 53.6 Å². The molecule has 2 heterocycles. The molecule has 2 unspecified atom stereocenters. The Labute approximate surface area is 127 Å². The topological polar surface area (TPSA) is 65.5 Å². The van der Waals surface area contributed by atoms with Gasteiger partial charge in [-0.2, -0.15) is 5.10 Å². The molecule has 0 amide bonds. The van der Waals surface area contributed by atoms with Gasteiger partial charge in [-0.15, -0.1) is 0 Å². The molecule has 0 aliphatic carbocycles. The van der Waals surface area contributed by atoms with E-state index in [1.165, 1.54) is 0 Å². The van der Waals surface area contributed by atoms with E-state index in [-0.39, 0.29) is 11.6 Å². The summed E-state index contributed by atoms with van der Waals surface area (Å²) >= 11 is 0. The number of hydrogen-bond acceptors (Lipinski definition) is 5. The van der Waals surface area contributed by atoms with Crippen LogP contribution in [0.4, 0.5) is 0 Å². The van der Waals surface area contributed by atoms with E-state index in [0.29, 0.717) is 0 Å². The van der Waals surface area contributed by atoms with Gasteiger partial charge in [0, 0.05) is 25.2 Å². The molecule has 1 aliphatic rings. The minimum atomic E-state index is -0.155. The lowest BCUT2D eigenvalue weighted by molar-refractivity contribution is -0.0289. The number of aromatic nitrogens is 2. The number of aryl methyl sites for hydroxylation is 1. The molecular weight excluding hydrogens is 268 g/mol. The van der Waals surface area contributed by atoms with Crippen LogP contribution in [0, 0.1) is 0 Å². The van der Waals surface area contributed by atoms with Crippen molar-refractivity contribution in [1.29, 1.82) is 0 Å². The number of ether oxygens (including phenoxy) is 2. The standard InChI is InChI=1S/C15H28N4O2/c1-5-15(3,18-7-9-21-10-8-18)14(16)13-12(20-4)11-17-19(13)6-2/h11,14H,5-10,16H2,1-4H3. The van der Waals surface area contributed by atoms with Crippen LogP contribution in [0.15, 0.2) is 6.20 Å². The maximum atomic E-state index is 6.69. The maximum absolute atomic E-state index is 6.69. The Morgan fingerprint density at radius 2 is 2.10 bits per heavy atom. The minimum Gasteiger partial charge on any atom is -0.493 e. The van der Waals surface area contributed by atoms with Crippen molar-refractivity contribution < 1.29 is 9.47 Å². The van der Waals surface area contributed by atoms with E-state index in [1.54, 1.807) is 13.3 Å². The van der Waals surface area contributed by atoms with E-state index < -0.39 is 0 Å². The molecule has 0 radical (unpaired) electrons. The molecule has 6 nitrogen and oxygen atoms in total. The van der Waals surface area contributed by atoms with Crippen LogP contribution in [0.1, 0.15) is 38.9 Å². The van der Waals surface area contributed by atoms with Crippen LogP contribution < -0.4 is 10.5 Å². The molecule has 1 aliphatic heterocycles. The highest BCUT2D eigenvalue weighted by Gasteiger charge is 2.40. The molecule has 1 aromatic rings. The summed E-state index contributed by atoms with van der Waals surface area (Å²) < 4.78 is 12.9. The smallest absolute Gasteiger partial charge is 0.161 e. The Morgan fingerprint density at radius 1 is 1.43 bits per heavy atom. The van der Waals surface area contributed by atoms with Crippen molar-refractivity contribution in [2.75, 3.05) is 33.4 Å². The van der Waals surface area contributed by atoms with Gasteiger partial charge in [0.25, 0.3) is 0 Å². The van der Waals surface area contributed by atoms with Gasteiger partial charge in [0.15, 0.2) is 5.75 Å². The lowest BCUT2D eigenvalue weighted by Crippen LogP contribution is -2.57. The van der Waals surface area contributed by atoms with E-state index in [0.717, 1.165) is 50.7 Å². The summed E-state index contributed by atoms with van der Waals surface area (Å²) in [5, 5.41) is 4.39. The first-order valence-corrected chi connectivity index (χ1v) is 7.76. The van der Waals surface area contributed by atoms with E-state index in [4.69, 9.17) is 15.2 Å². The summed E-state index contributed by atoms with van der Waals surface area (Å²) in [6, 6.07) is -0.155. The quantitative estimate of drug-likeness (QED) is 0.860. The second kappa shape index (κ2) is 6.77. The molecular formula is C15H28N4O2. The molecule has 6 heteroatoms. The van der Waals surface area contributed by atoms with Gasteiger partial charge in [0.2, 0.25) is 0 Å². The number of nitrogens with zero attached hydrogens (tertiary/aromatic N) is 3. The number of rotatable bonds is 6. The average Bonchev–Trinajstić information content (AvgIpc) is 2.97. The Hall–Kier alpha value is -1.11. The summed E-state index contributed by atoms with van der Waals surface area (Å²) in [4.78, 5) is 2.44. The average molecular weight is 296 g/mol. The van der Waals surface area contributed by atoms with Gasteiger partial charge >= 0.3 is 0 Å². The second-order valence-electron chi connectivity index (χ2n) is 5.70. The zero-order chi connectivity index (χ0) is 15.5. The normalized spacial score (nSPS) is 21.0. The number of nitrogens with two attached hydrogens (primary N) is 1. The van der Waals surface area contributed by atoms with Crippen LogP contribution >= 0.6 is 0 Å². The van der Waals surface area contributed by atoms with Crippen LogP contribution in [0.2, 0.25) is 0 Å². The largest absolute Gasteiger partial charge is 0.493 e. The molecule has 2 rings (SSSR count). The Balaban J connectivity index is 2.34. The molecule has 0 spiro atoms. The van der Waals surface area contributed by atoms with Crippen LogP contribution in [0.5, 0.6) is 5.75 Å². The highest BCUT2D eigenvalue weighted by molar-refractivity contribution is 5.31. The first kappa shape index (κ1) is 16.3. The molecule has 1 fully saturated rings. The van der Waals surface area contributed by atoms with E-state index in [9.17, 15) is 0 Å². The molecule has 0 bridgehead atoms. The van der Waals surface area contributed by atoms with Crippen LogP contribution in [0.25, 0.3) is 0 Å². The summed E-state index contributed by atoms with van der Waals surface area (Å²) in [7, 11) is 1.67. The summed E-state index contributed by atoms with van der Waals surface area (Å²) in [5.41, 5.74) is 7.54. The Kier molecular flexibility index (Phi) is 5.24. The fourth-order valence-corrected chi connectivity index (χ4v) is 3.11. The summed E-state index contributed by atoms with van der Waals surface area (Å²) in [6.07, 6.45) is 2.72. The van der Waals surface area contributed by atoms with Gasteiger partial charge in [-0.1, -0.05) is 6.92 Å². The lowest BCUT2D eigenvalue weighted by atomic mass is 9.85. The monoisotopic (exact) mass is 296 g/mol. The molecule has 1 saturated heterocycles. The molecule has 1 aromatic heterocycles. The lowest BCUT2D eigenvalue weighted by Gasteiger charge is -2.46. The third-order valence-corrected chi connectivity index (χ3v) is 4.78. The fraction of sp³-hybridized carbons (Fsp3) is 0.800. The molecule has 21 heavy (non-hydrogen) atoms. The van der Waals surface area contributed by atoms with Crippen LogP contribution in [0.3, 0.4) is 0 Å². The second-order valence-corrected chi connectivity index (χ2v) is 5.70. The molecule has 120 valence electrons. The third kappa shape index (κ3) is 2.93. The first-order valence-electron chi connectivity index (χ1n) is 7.76. The summed E-state index contributed by atoms with van der Waals surface area (Å²) in [6.45, 7) is 10.7. The van der Waals surface area contributed by atoms with Crippen molar-refractivity contribution in [3.63, 3.8) is 0 Å². The van der Waals surface area contributed by atoms with E-state index >= 15 is 0 Å². The van der Waals surface area contributed by atoms with Gasteiger partial charge in [-0.05, 0) is 20.3 Å². The van der Waals surface area contributed by atoms with Gasteiger partial charge in [0.1, 0.15) is 0 Å². The number of methoxy groups -OCH3 is 1. The van der Waals surface area contributed by atoms with Crippen molar-refractivity contribution in [2.24, 2.45) is 5.73 Å². The SMILES string of the molecule is CCn1ncc(OC)c1C(N)C(C)(CC)N1CCOCC1. The van der Waals surface area contributed by atoms with Gasteiger partial charge < -0.3 is 15.2 Å². The highest BCUT2D eigenvalue weighted by Crippen LogP contribution is 2.36. The van der Waals surface area contributed by atoms with Crippen molar-refractivity contribution in [3.05, 3.63) is 11.9 Å². The van der Waals surface area contributed by atoms with Gasteiger partial charge in [-0.25, -0.2) is 0 Å². The molecule has 0 aromatic carbocycles. The first-order chi connectivity index (χ1) is 10.1. The fourth-order valence-electron chi connectivity index (χ4n) is 3.11. The maximum Gasteiger partial charge on any atom is 0.161 e. The van der Waals surface area contributed by atoms with Gasteiger partial charge in [0.05, 0.1) is 38.3 Å². The third-order valence-electron chi connectivity index (χ3n) is 4.78. The van der Waals surface area contributed by atoms with Gasteiger partial charge in [-0.3, -0.25) is 9.58 Å². The molecule has 0 saturated carbocycles. The Bertz CT molecular complexity index is 435.